The van der Waals surface area contributed by atoms with Gasteiger partial charge in [-0.25, -0.2) is 14.0 Å². The molecule has 0 saturated carbocycles. The van der Waals surface area contributed by atoms with Gasteiger partial charge in [-0.3, -0.25) is 4.79 Å². The van der Waals surface area contributed by atoms with Gasteiger partial charge in [-0.15, -0.1) is 0 Å². The molecule has 8 heteroatoms. The third kappa shape index (κ3) is 4.93. The molecule has 2 atom stereocenters. The van der Waals surface area contributed by atoms with Crippen LogP contribution in [-0.2, 0) is 14.3 Å². The van der Waals surface area contributed by atoms with Crippen LogP contribution in [0.1, 0.15) is 45.2 Å². The van der Waals surface area contributed by atoms with Crippen LogP contribution in [0.25, 0.3) is 0 Å². The average Bonchev–Trinajstić information content (AvgIpc) is 3.01. The minimum absolute atomic E-state index is 0.281. The molecule has 7 nitrogen and oxygen atoms in total. The summed E-state index contributed by atoms with van der Waals surface area (Å²) in [6, 6.07) is 2.99. The number of aliphatic carboxylic acids is 1. The highest BCUT2D eigenvalue weighted by molar-refractivity contribution is 5.90. The predicted molar refractivity (Wildman–Crippen MR) is 90.9 cm³/mol. The highest BCUT2D eigenvalue weighted by Gasteiger charge is 2.38. The molecule has 142 valence electrons. The van der Waals surface area contributed by atoms with Crippen molar-refractivity contribution in [2.75, 3.05) is 6.54 Å². The van der Waals surface area contributed by atoms with E-state index in [-0.39, 0.29) is 6.54 Å². The molecule has 1 aromatic carbocycles. The zero-order chi connectivity index (χ0) is 19.5. The molecule has 1 saturated heterocycles. The van der Waals surface area contributed by atoms with Gasteiger partial charge in [0, 0.05) is 6.54 Å². The maximum absolute atomic E-state index is 13.2. The summed E-state index contributed by atoms with van der Waals surface area (Å²) in [5.74, 6) is -2.14. The van der Waals surface area contributed by atoms with Gasteiger partial charge < -0.3 is 20.1 Å². The van der Waals surface area contributed by atoms with E-state index in [1.54, 1.807) is 20.8 Å². The first kappa shape index (κ1) is 19.7. The number of carboxylic acid groups (broad SMARTS) is 1. The number of benzene rings is 1. The molecule has 1 aliphatic heterocycles. The number of nitrogens with one attached hydrogen (secondary N) is 1. The van der Waals surface area contributed by atoms with Gasteiger partial charge in [0.2, 0.25) is 0 Å². The Morgan fingerprint density at radius 2 is 1.88 bits per heavy atom. The fraction of sp³-hybridized carbons (Fsp3) is 0.500. The Morgan fingerprint density at radius 3 is 2.42 bits per heavy atom. The Morgan fingerprint density at radius 1 is 1.27 bits per heavy atom. The molecule has 0 radical (unpaired) electrons. The van der Waals surface area contributed by atoms with E-state index in [1.165, 1.54) is 29.2 Å². The number of alkyl carbamates (subject to hydrolysis) is 1. The number of carbonyl (C=O) groups excluding carboxylic acids is 2. The van der Waals surface area contributed by atoms with Crippen molar-refractivity contribution in [3.05, 3.63) is 35.6 Å². The second-order valence-corrected chi connectivity index (χ2v) is 7.16. The Kier molecular flexibility index (Phi) is 5.84. The minimum atomic E-state index is -1.16. The Labute approximate surface area is 151 Å². The zero-order valence-electron chi connectivity index (χ0n) is 15.0. The van der Waals surface area contributed by atoms with Crippen molar-refractivity contribution >= 4 is 18.0 Å². The van der Waals surface area contributed by atoms with Gasteiger partial charge >= 0.3 is 12.1 Å². The number of nitrogens with zero attached hydrogens (tertiary/aromatic N) is 1. The molecule has 0 bridgehead atoms. The number of halogens is 1. The molecule has 1 aliphatic rings. The minimum Gasteiger partial charge on any atom is -0.480 e. The molecule has 1 heterocycles. The first-order valence-electron chi connectivity index (χ1n) is 8.37. The number of likely N-dealkylation sites (tertiary alicyclic amines) is 1. The largest absolute Gasteiger partial charge is 0.480 e. The zero-order valence-corrected chi connectivity index (χ0v) is 15.0. The Balaban J connectivity index is 2.27. The maximum atomic E-state index is 13.2. The van der Waals surface area contributed by atoms with Crippen molar-refractivity contribution in [3.8, 4) is 0 Å². The summed E-state index contributed by atoms with van der Waals surface area (Å²) in [5, 5.41) is 11.8. The van der Waals surface area contributed by atoms with E-state index >= 15 is 0 Å². The molecule has 26 heavy (non-hydrogen) atoms. The molecule has 2 amide bonds. The van der Waals surface area contributed by atoms with Crippen LogP contribution in [0.5, 0.6) is 0 Å². The molecule has 2 N–H and O–H groups in total. The summed E-state index contributed by atoms with van der Waals surface area (Å²) >= 11 is 0. The average molecular weight is 366 g/mol. The van der Waals surface area contributed by atoms with Crippen LogP contribution in [0.3, 0.4) is 0 Å². The number of carbonyl (C=O) groups is 3. The Hall–Kier alpha value is -2.64. The van der Waals surface area contributed by atoms with E-state index in [0.29, 0.717) is 18.4 Å². The van der Waals surface area contributed by atoms with Crippen molar-refractivity contribution in [2.45, 2.75) is 51.3 Å². The first-order valence-corrected chi connectivity index (χ1v) is 8.37. The normalized spacial score (nSPS) is 18.3. The predicted octanol–water partition coefficient (Wildman–Crippen LogP) is 2.47. The van der Waals surface area contributed by atoms with Crippen LogP contribution in [0.2, 0.25) is 0 Å². The van der Waals surface area contributed by atoms with E-state index in [4.69, 9.17) is 4.74 Å². The van der Waals surface area contributed by atoms with Crippen LogP contribution in [0, 0.1) is 5.82 Å². The molecule has 1 aromatic rings. The molecule has 1 fully saturated rings. The smallest absolute Gasteiger partial charge is 0.408 e. The summed E-state index contributed by atoms with van der Waals surface area (Å²) < 4.78 is 18.4. The second kappa shape index (κ2) is 7.72. The van der Waals surface area contributed by atoms with Crippen molar-refractivity contribution in [1.29, 1.82) is 0 Å². The lowest BCUT2D eigenvalue weighted by Crippen LogP contribution is -2.48. The topological polar surface area (TPSA) is 95.9 Å². The fourth-order valence-electron chi connectivity index (χ4n) is 2.82. The van der Waals surface area contributed by atoms with E-state index in [2.05, 4.69) is 5.32 Å². The summed E-state index contributed by atoms with van der Waals surface area (Å²) in [5.41, 5.74) is -0.421. The second-order valence-electron chi connectivity index (χ2n) is 7.16. The lowest BCUT2D eigenvalue weighted by molar-refractivity contribution is -0.149. The first-order chi connectivity index (χ1) is 12.1. The van der Waals surface area contributed by atoms with Gasteiger partial charge in [0.25, 0.3) is 5.91 Å². The number of hydrogen-bond acceptors (Lipinski definition) is 4. The highest BCUT2D eigenvalue weighted by Crippen LogP contribution is 2.24. The monoisotopic (exact) mass is 366 g/mol. The molecule has 0 aromatic heterocycles. The summed E-state index contributed by atoms with van der Waals surface area (Å²) in [6.45, 7) is 5.33. The lowest BCUT2D eigenvalue weighted by atomic mass is 10.0. The maximum Gasteiger partial charge on any atom is 0.408 e. The quantitative estimate of drug-likeness (QED) is 0.853. The van der Waals surface area contributed by atoms with Gasteiger partial charge in [0.15, 0.2) is 0 Å². The van der Waals surface area contributed by atoms with E-state index < -0.39 is 41.5 Å². The van der Waals surface area contributed by atoms with Gasteiger partial charge in [0.1, 0.15) is 23.5 Å². The molecular weight excluding hydrogens is 343 g/mol. The summed E-state index contributed by atoms with van der Waals surface area (Å²) in [6.07, 6.45) is 0.0980. The number of ether oxygens (including phenoxy) is 1. The third-order valence-electron chi connectivity index (χ3n) is 3.93. The van der Waals surface area contributed by atoms with Crippen LogP contribution in [-0.4, -0.2) is 46.2 Å². The van der Waals surface area contributed by atoms with E-state index in [1.807, 2.05) is 0 Å². The van der Waals surface area contributed by atoms with Crippen molar-refractivity contribution in [3.63, 3.8) is 0 Å². The number of amides is 2. The standard InChI is InChI=1S/C18H23FN2O5/c1-18(2,3)26-17(25)20-14(11-6-8-12(19)9-7-11)15(22)21-10-4-5-13(21)16(23)24/h6-9,13-14H,4-5,10H2,1-3H3,(H,20,25)(H,23,24)/t13-,14+/m0/s1. The highest BCUT2D eigenvalue weighted by atomic mass is 19.1. The fourth-order valence-corrected chi connectivity index (χ4v) is 2.82. The number of rotatable bonds is 4. The van der Waals surface area contributed by atoms with E-state index in [9.17, 15) is 23.9 Å². The molecule has 2 rings (SSSR count). The van der Waals surface area contributed by atoms with Gasteiger partial charge in [-0.2, -0.15) is 0 Å². The molecular formula is C18H23FN2O5. The van der Waals surface area contributed by atoms with Gasteiger partial charge in [-0.1, -0.05) is 12.1 Å². The molecule has 0 aliphatic carbocycles. The van der Waals surface area contributed by atoms with Crippen LogP contribution in [0.4, 0.5) is 9.18 Å². The van der Waals surface area contributed by atoms with Crippen LogP contribution < -0.4 is 5.32 Å². The van der Waals surface area contributed by atoms with Crippen molar-refractivity contribution in [1.82, 2.24) is 10.2 Å². The Bertz CT molecular complexity index is 684. The molecule has 0 unspecified atom stereocenters. The molecule has 0 spiro atoms. The third-order valence-corrected chi connectivity index (χ3v) is 3.93. The lowest BCUT2D eigenvalue weighted by Gasteiger charge is -2.28. The van der Waals surface area contributed by atoms with Crippen molar-refractivity contribution < 1.29 is 28.6 Å². The van der Waals surface area contributed by atoms with E-state index in [0.717, 1.165) is 0 Å². The summed E-state index contributed by atoms with van der Waals surface area (Å²) in [7, 11) is 0. The number of carboxylic acids is 1. The SMILES string of the molecule is CC(C)(C)OC(=O)N[C@@H](C(=O)N1CCC[C@H]1C(=O)O)c1ccc(F)cc1. The van der Waals surface area contributed by atoms with Crippen molar-refractivity contribution in [2.24, 2.45) is 0 Å². The van der Waals surface area contributed by atoms with Crippen LogP contribution in [0.15, 0.2) is 24.3 Å². The van der Waals surface area contributed by atoms with Crippen LogP contribution >= 0.6 is 0 Å². The van der Waals surface area contributed by atoms with Gasteiger partial charge in [0.05, 0.1) is 0 Å². The number of hydrogen-bond donors (Lipinski definition) is 2. The van der Waals surface area contributed by atoms with Gasteiger partial charge in [-0.05, 0) is 51.3 Å². The summed E-state index contributed by atoms with van der Waals surface area (Å²) in [4.78, 5) is 37.7.